The topological polar surface area (TPSA) is 94.8 Å². The molecule has 8 heteroatoms. The zero-order valence-corrected chi connectivity index (χ0v) is 22.2. The van der Waals surface area contributed by atoms with Gasteiger partial charge >= 0.3 is 5.97 Å². The third-order valence-electron chi connectivity index (χ3n) is 7.68. The molecule has 1 aromatic carbocycles. The first kappa shape index (κ1) is 24.8. The maximum atomic E-state index is 13.8. The van der Waals surface area contributed by atoms with Crippen LogP contribution in [-0.4, -0.2) is 31.1 Å². The molecular weight excluding hydrogens is 502 g/mol. The Labute approximate surface area is 224 Å². The quantitative estimate of drug-likeness (QED) is 0.450. The molecule has 0 amide bonds. The predicted molar refractivity (Wildman–Crippen MR) is 144 cm³/mol. The van der Waals surface area contributed by atoms with Gasteiger partial charge in [-0.25, -0.2) is 4.79 Å². The van der Waals surface area contributed by atoms with Crippen molar-refractivity contribution in [2.75, 3.05) is 13.2 Å². The SMILES string of the molecule is CC1=C(C(=O)OC[C@@H]2CCCO2)[C@H](c2coc3ccc(C)cc3c2=O)C2=C(C[C@@H](c3cccs3)CC2=O)N1. The van der Waals surface area contributed by atoms with Gasteiger partial charge in [-0.2, -0.15) is 0 Å². The molecule has 0 unspecified atom stereocenters. The first-order valence-electron chi connectivity index (χ1n) is 13.0. The number of fused-ring (bicyclic) bond motifs is 1. The third kappa shape index (κ3) is 4.41. The zero-order chi connectivity index (χ0) is 26.4. The molecule has 2 aliphatic heterocycles. The number of allylic oxidation sites excluding steroid dienone is 3. The average molecular weight is 532 g/mol. The average Bonchev–Trinajstić information content (AvgIpc) is 3.62. The van der Waals surface area contributed by atoms with Gasteiger partial charge in [-0.15, -0.1) is 11.3 Å². The second-order valence-electron chi connectivity index (χ2n) is 10.3. The summed E-state index contributed by atoms with van der Waals surface area (Å²) in [7, 11) is 0. The molecular formula is C30H29NO6S. The van der Waals surface area contributed by atoms with Crippen molar-refractivity contribution in [3.05, 3.63) is 90.7 Å². The molecule has 1 aliphatic carbocycles. The Kier molecular flexibility index (Phi) is 6.53. The minimum Gasteiger partial charge on any atom is -0.464 e. The predicted octanol–water partition coefficient (Wildman–Crippen LogP) is 5.25. The molecule has 4 heterocycles. The van der Waals surface area contributed by atoms with Gasteiger partial charge in [0.25, 0.3) is 0 Å². The largest absolute Gasteiger partial charge is 0.464 e. The Balaban J connectivity index is 1.45. The lowest BCUT2D eigenvalue weighted by Gasteiger charge is -2.36. The van der Waals surface area contributed by atoms with Crippen LogP contribution < -0.4 is 10.7 Å². The summed E-state index contributed by atoms with van der Waals surface area (Å²) >= 11 is 1.63. The number of nitrogens with one attached hydrogen (secondary N) is 1. The van der Waals surface area contributed by atoms with Crippen LogP contribution >= 0.6 is 11.3 Å². The van der Waals surface area contributed by atoms with Crippen LogP contribution in [0.2, 0.25) is 0 Å². The van der Waals surface area contributed by atoms with E-state index in [-0.39, 0.29) is 41.0 Å². The number of benzene rings is 1. The molecule has 1 saturated heterocycles. The number of carbonyl (C=O) groups is 2. The molecule has 2 aromatic heterocycles. The van der Waals surface area contributed by atoms with E-state index in [0.29, 0.717) is 41.7 Å². The Morgan fingerprint density at radius 3 is 2.82 bits per heavy atom. The molecule has 0 saturated carbocycles. The van der Waals surface area contributed by atoms with E-state index in [1.165, 1.54) is 6.26 Å². The van der Waals surface area contributed by atoms with Gasteiger partial charge < -0.3 is 19.2 Å². The summed E-state index contributed by atoms with van der Waals surface area (Å²) in [5, 5.41) is 5.78. The van der Waals surface area contributed by atoms with E-state index >= 15 is 0 Å². The van der Waals surface area contributed by atoms with Crippen molar-refractivity contribution >= 4 is 34.1 Å². The van der Waals surface area contributed by atoms with Crippen molar-refractivity contribution in [1.29, 1.82) is 0 Å². The second-order valence-corrected chi connectivity index (χ2v) is 11.3. The van der Waals surface area contributed by atoms with Gasteiger partial charge in [0, 0.05) is 46.4 Å². The van der Waals surface area contributed by atoms with Gasteiger partial charge in [0.1, 0.15) is 12.2 Å². The number of ether oxygens (including phenoxy) is 2. The molecule has 3 aromatic rings. The molecule has 7 nitrogen and oxygen atoms in total. The van der Waals surface area contributed by atoms with Gasteiger partial charge in [-0.1, -0.05) is 17.7 Å². The lowest BCUT2D eigenvalue weighted by molar-refractivity contribution is -0.142. The number of rotatable bonds is 5. The molecule has 0 spiro atoms. The van der Waals surface area contributed by atoms with Crippen molar-refractivity contribution in [3.8, 4) is 0 Å². The summed E-state index contributed by atoms with van der Waals surface area (Å²) in [4.78, 5) is 42.3. The molecule has 3 atom stereocenters. The van der Waals surface area contributed by atoms with Crippen LogP contribution in [-0.2, 0) is 19.1 Å². The van der Waals surface area contributed by atoms with E-state index < -0.39 is 11.9 Å². The molecule has 0 radical (unpaired) electrons. The summed E-state index contributed by atoms with van der Waals surface area (Å²) < 4.78 is 17.2. The van der Waals surface area contributed by atoms with Crippen LogP contribution in [0.4, 0.5) is 0 Å². The number of hydrogen-bond acceptors (Lipinski definition) is 8. The Morgan fingerprint density at radius 2 is 2.05 bits per heavy atom. The lowest BCUT2D eigenvalue weighted by atomic mass is 9.73. The van der Waals surface area contributed by atoms with E-state index in [9.17, 15) is 14.4 Å². The smallest absolute Gasteiger partial charge is 0.336 e. The highest BCUT2D eigenvalue weighted by Gasteiger charge is 2.43. The van der Waals surface area contributed by atoms with Crippen LogP contribution in [0.25, 0.3) is 11.0 Å². The Hall–Kier alpha value is -3.49. The molecule has 1 N–H and O–H groups in total. The van der Waals surface area contributed by atoms with Gasteiger partial charge in [0.15, 0.2) is 11.2 Å². The van der Waals surface area contributed by atoms with Gasteiger partial charge in [-0.05, 0) is 56.7 Å². The van der Waals surface area contributed by atoms with E-state index in [0.717, 1.165) is 29.0 Å². The fraction of sp³-hybridized carbons (Fsp3) is 0.367. The number of carbonyl (C=O) groups excluding carboxylic acids is 2. The minimum atomic E-state index is -0.874. The summed E-state index contributed by atoms with van der Waals surface area (Å²) in [5.74, 6) is -1.46. The van der Waals surface area contributed by atoms with Gasteiger partial charge in [0.05, 0.1) is 29.2 Å². The van der Waals surface area contributed by atoms with Crippen LogP contribution in [0.3, 0.4) is 0 Å². The molecule has 6 rings (SSSR count). The molecule has 0 bridgehead atoms. The number of thiophene rings is 1. The highest BCUT2D eigenvalue weighted by atomic mass is 32.1. The standard InChI is InChI=1S/C30H29NO6S/c1-16-7-8-24-20(11-16)29(33)21(15-36-24)27-26(30(34)37-14-19-5-3-9-35-19)17(2)31-22-12-18(13-23(32)28(22)27)25-6-4-10-38-25/h4,6-8,10-11,15,18-19,27,31H,3,5,9,12-14H2,1-2H3/t18-,19+,27+/m1/s1. The van der Waals surface area contributed by atoms with Crippen LogP contribution in [0.15, 0.2) is 73.7 Å². The van der Waals surface area contributed by atoms with Gasteiger partial charge in [-0.3, -0.25) is 9.59 Å². The summed E-state index contributed by atoms with van der Waals surface area (Å²) in [6, 6.07) is 9.45. The second kappa shape index (κ2) is 10.0. The summed E-state index contributed by atoms with van der Waals surface area (Å²) in [6.45, 7) is 4.49. The molecule has 3 aliphatic rings. The fourth-order valence-corrected chi connectivity index (χ4v) is 6.66. The number of esters is 1. The summed E-state index contributed by atoms with van der Waals surface area (Å²) in [6.07, 6.45) is 3.96. The van der Waals surface area contributed by atoms with Crippen molar-refractivity contribution in [2.24, 2.45) is 0 Å². The monoisotopic (exact) mass is 531 g/mol. The molecule has 38 heavy (non-hydrogen) atoms. The number of dihydropyridines is 1. The van der Waals surface area contributed by atoms with E-state index in [1.807, 2.05) is 30.5 Å². The number of hydrogen-bond donors (Lipinski definition) is 1. The third-order valence-corrected chi connectivity index (χ3v) is 8.72. The fourth-order valence-electron chi connectivity index (χ4n) is 5.83. The number of aryl methyl sites for hydroxylation is 1. The van der Waals surface area contributed by atoms with Crippen LogP contribution in [0.5, 0.6) is 0 Å². The highest BCUT2D eigenvalue weighted by Crippen LogP contribution is 2.46. The molecule has 196 valence electrons. The van der Waals surface area contributed by atoms with Crippen molar-refractivity contribution < 1.29 is 23.5 Å². The Bertz CT molecular complexity index is 1540. The highest BCUT2D eigenvalue weighted by molar-refractivity contribution is 7.10. The van der Waals surface area contributed by atoms with E-state index in [2.05, 4.69) is 5.32 Å². The van der Waals surface area contributed by atoms with Crippen LogP contribution in [0, 0.1) is 6.92 Å². The number of ketones is 1. The van der Waals surface area contributed by atoms with Crippen molar-refractivity contribution in [2.45, 2.75) is 57.5 Å². The van der Waals surface area contributed by atoms with Crippen molar-refractivity contribution in [1.82, 2.24) is 5.32 Å². The lowest BCUT2D eigenvalue weighted by Crippen LogP contribution is -2.37. The summed E-state index contributed by atoms with van der Waals surface area (Å²) in [5.41, 5.74) is 3.44. The van der Waals surface area contributed by atoms with Crippen LogP contribution in [0.1, 0.15) is 60.4 Å². The maximum Gasteiger partial charge on any atom is 0.336 e. The molecule has 1 fully saturated rings. The maximum absolute atomic E-state index is 13.8. The first-order chi connectivity index (χ1) is 18.4. The first-order valence-corrected chi connectivity index (χ1v) is 13.9. The van der Waals surface area contributed by atoms with Gasteiger partial charge in [0.2, 0.25) is 0 Å². The van der Waals surface area contributed by atoms with Crippen molar-refractivity contribution in [3.63, 3.8) is 0 Å². The van der Waals surface area contributed by atoms with E-state index in [4.69, 9.17) is 13.9 Å². The Morgan fingerprint density at radius 1 is 1.18 bits per heavy atom. The van der Waals surface area contributed by atoms with E-state index in [1.54, 1.807) is 30.4 Å². The normalized spacial score (nSPS) is 23.5. The zero-order valence-electron chi connectivity index (χ0n) is 21.4. The minimum absolute atomic E-state index is 0.0471. The number of Topliss-reactive ketones (excluding diaryl/α,β-unsaturated/α-hetero) is 1.